The highest BCUT2D eigenvalue weighted by atomic mass is 16.3. The lowest BCUT2D eigenvalue weighted by Gasteiger charge is -2.46. The van der Waals surface area contributed by atoms with E-state index in [2.05, 4.69) is 4.90 Å². The number of nitrogens with zero attached hydrogens (tertiary/aromatic N) is 3. The van der Waals surface area contributed by atoms with E-state index in [1.807, 2.05) is 6.07 Å². The van der Waals surface area contributed by atoms with E-state index in [1.165, 1.54) is 32.1 Å². The van der Waals surface area contributed by atoms with E-state index in [0.29, 0.717) is 19.1 Å². The fourth-order valence-electron chi connectivity index (χ4n) is 4.10. The average molecular weight is 291 g/mol. The number of rotatable bonds is 3. The second kappa shape index (κ2) is 5.94. The molecule has 2 heterocycles. The van der Waals surface area contributed by atoms with Crippen molar-refractivity contribution >= 4 is 5.91 Å². The average Bonchev–Trinajstić information content (AvgIpc) is 2.95. The lowest BCUT2D eigenvalue weighted by molar-refractivity contribution is -0.158. The number of likely N-dealkylation sites (tertiary alicyclic amines) is 2. The molecule has 1 atom stereocenters. The molecule has 5 heteroatoms. The van der Waals surface area contributed by atoms with Gasteiger partial charge in [-0.2, -0.15) is 5.26 Å². The van der Waals surface area contributed by atoms with Crippen LogP contribution in [0, 0.1) is 17.2 Å². The highest BCUT2D eigenvalue weighted by Gasteiger charge is 2.46. The summed E-state index contributed by atoms with van der Waals surface area (Å²) in [5.74, 6) is 0.273. The minimum absolute atomic E-state index is 0.0959. The predicted molar refractivity (Wildman–Crippen MR) is 78.3 cm³/mol. The van der Waals surface area contributed by atoms with Gasteiger partial charge in [-0.3, -0.25) is 9.69 Å². The van der Waals surface area contributed by atoms with Crippen LogP contribution in [-0.2, 0) is 4.79 Å². The van der Waals surface area contributed by atoms with Crippen molar-refractivity contribution in [3.05, 3.63) is 0 Å². The number of aliphatic hydroxyl groups is 1. The lowest BCUT2D eigenvalue weighted by atomic mass is 9.89. The van der Waals surface area contributed by atoms with E-state index in [1.54, 1.807) is 4.90 Å². The molecule has 3 fully saturated rings. The summed E-state index contributed by atoms with van der Waals surface area (Å²) in [4.78, 5) is 16.7. The van der Waals surface area contributed by atoms with Crippen LogP contribution in [-0.4, -0.2) is 58.6 Å². The Balaban J connectivity index is 1.48. The molecule has 0 spiro atoms. The molecule has 1 N–H and O–H groups in total. The predicted octanol–water partition coefficient (Wildman–Crippen LogP) is 1.13. The van der Waals surface area contributed by atoms with Crippen LogP contribution in [0.1, 0.15) is 44.9 Å². The van der Waals surface area contributed by atoms with Crippen LogP contribution in [0.5, 0.6) is 0 Å². The first-order valence-corrected chi connectivity index (χ1v) is 8.23. The summed E-state index contributed by atoms with van der Waals surface area (Å²) in [7, 11) is 0. The first kappa shape index (κ1) is 14.8. The van der Waals surface area contributed by atoms with E-state index < -0.39 is 5.60 Å². The molecular weight excluding hydrogens is 266 g/mol. The van der Waals surface area contributed by atoms with Crippen molar-refractivity contribution in [2.24, 2.45) is 5.92 Å². The number of hydrogen-bond acceptors (Lipinski definition) is 4. The Morgan fingerprint density at radius 2 is 1.95 bits per heavy atom. The van der Waals surface area contributed by atoms with Crippen LogP contribution in [0.3, 0.4) is 0 Å². The van der Waals surface area contributed by atoms with Gasteiger partial charge in [-0.15, -0.1) is 0 Å². The number of amides is 1. The molecule has 1 aliphatic carbocycles. The van der Waals surface area contributed by atoms with Crippen LogP contribution in [0.15, 0.2) is 0 Å². The van der Waals surface area contributed by atoms with E-state index in [4.69, 9.17) is 5.26 Å². The Morgan fingerprint density at radius 3 is 2.62 bits per heavy atom. The van der Waals surface area contributed by atoms with E-state index in [-0.39, 0.29) is 18.2 Å². The van der Waals surface area contributed by atoms with Crippen LogP contribution in [0.25, 0.3) is 0 Å². The molecule has 3 rings (SSSR count). The highest BCUT2D eigenvalue weighted by Crippen LogP contribution is 2.31. The van der Waals surface area contributed by atoms with Crippen LogP contribution in [0.2, 0.25) is 0 Å². The maximum Gasteiger partial charge on any atom is 0.227 e. The largest absolute Gasteiger partial charge is 0.385 e. The molecule has 116 valence electrons. The zero-order valence-corrected chi connectivity index (χ0v) is 12.6. The fourth-order valence-corrected chi connectivity index (χ4v) is 4.10. The quantitative estimate of drug-likeness (QED) is 0.846. The van der Waals surface area contributed by atoms with Crippen molar-refractivity contribution in [2.45, 2.75) is 56.6 Å². The number of carbonyl (C=O) groups is 1. The Hall–Kier alpha value is -1.12. The van der Waals surface area contributed by atoms with Crippen molar-refractivity contribution in [1.82, 2.24) is 9.80 Å². The lowest BCUT2D eigenvalue weighted by Crippen LogP contribution is -2.64. The zero-order chi connectivity index (χ0) is 14.9. The summed E-state index contributed by atoms with van der Waals surface area (Å²) in [5.41, 5.74) is -0.952. The number of β-amino-alcohol motifs (C(OH)–C–C–N with tert-alkyl or cyclic N) is 1. The molecule has 1 saturated carbocycles. The Labute approximate surface area is 126 Å². The first-order valence-electron chi connectivity index (χ1n) is 8.23. The van der Waals surface area contributed by atoms with Gasteiger partial charge >= 0.3 is 0 Å². The van der Waals surface area contributed by atoms with Crippen molar-refractivity contribution < 1.29 is 9.90 Å². The molecule has 0 aromatic rings. The minimum atomic E-state index is -0.952. The molecule has 5 nitrogen and oxygen atoms in total. The summed E-state index contributed by atoms with van der Waals surface area (Å²) in [6.07, 6.45) is 7.65. The van der Waals surface area contributed by atoms with E-state index in [9.17, 15) is 9.90 Å². The standard InChI is InChI=1S/C16H25N3O2/c17-8-7-16(21)11-19(12-16)15(20)13-6-9-18(10-13)14-4-2-1-3-5-14/h13-14,21H,1-7,9-12H2/t13-/m0/s1. The summed E-state index contributed by atoms with van der Waals surface area (Å²) in [6, 6.07) is 2.68. The van der Waals surface area contributed by atoms with Crippen molar-refractivity contribution in [1.29, 1.82) is 5.26 Å². The Kier molecular flexibility index (Phi) is 4.19. The monoisotopic (exact) mass is 291 g/mol. The topological polar surface area (TPSA) is 67.6 Å². The number of nitriles is 1. The SMILES string of the molecule is N#CCC1(O)CN(C(=O)[C@H]2CCN(C3CCCCC3)C2)C1. The Morgan fingerprint density at radius 1 is 1.24 bits per heavy atom. The molecular formula is C16H25N3O2. The smallest absolute Gasteiger partial charge is 0.227 e. The number of carbonyl (C=O) groups excluding carboxylic acids is 1. The normalized spacial score (nSPS) is 29.9. The molecule has 3 aliphatic rings. The van der Waals surface area contributed by atoms with Gasteiger partial charge in [0.15, 0.2) is 0 Å². The third kappa shape index (κ3) is 3.07. The molecule has 0 aromatic carbocycles. The second-order valence-corrected chi connectivity index (χ2v) is 7.03. The van der Waals surface area contributed by atoms with E-state index in [0.717, 1.165) is 19.5 Å². The maximum absolute atomic E-state index is 12.5. The summed E-state index contributed by atoms with van der Waals surface area (Å²) < 4.78 is 0. The highest BCUT2D eigenvalue weighted by molar-refractivity contribution is 5.80. The van der Waals surface area contributed by atoms with Gasteiger partial charge in [0, 0.05) is 12.6 Å². The molecule has 0 radical (unpaired) electrons. The van der Waals surface area contributed by atoms with Gasteiger partial charge < -0.3 is 10.0 Å². The van der Waals surface area contributed by atoms with Gasteiger partial charge in [-0.05, 0) is 25.8 Å². The Bertz CT molecular complexity index is 433. The van der Waals surface area contributed by atoms with Crippen LogP contribution >= 0.6 is 0 Å². The molecule has 0 unspecified atom stereocenters. The molecule has 1 amide bonds. The fraction of sp³-hybridized carbons (Fsp3) is 0.875. The summed E-state index contributed by atoms with van der Waals surface area (Å²) in [5, 5.41) is 18.7. The number of hydrogen-bond donors (Lipinski definition) is 1. The molecule has 0 aromatic heterocycles. The summed E-state index contributed by atoms with van der Waals surface area (Å²) >= 11 is 0. The molecule has 21 heavy (non-hydrogen) atoms. The third-order valence-electron chi connectivity index (χ3n) is 5.35. The van der Waals surface area contributed by atoms with Crippen LogP contribution in [0.4, 0.5) is 0 Å². The molecule has 2 saturated heterocycles. The van der Waals surface area contributed by atoms with Gasteiger partial charge in [-0.25, -0.2) is 0 Å². The van der Waals surface area contributed by atoms with Crippen molar-refractivity contribution in [2.75, 3.05) is 26.2 Å². The van der Waals surface area contributed by atoms with E-state index >= 15 is 0 Å². The summed E-state index contributed by atoms with van der Waals surface area (Å²) in [6.45, 7) is 2.59. The van der Waals surface area contributed by atoms with Crippen molar-refractivity contribution in [3.63, 3.8) is 0 Å². The van der Waals surface area contributed by atoms with Crippen LogP contribution < -0.4 is 0 Å². The maximum atomic E-state index is 12.5. The third-order valence-corrected chi connectivity index (χ3v) is 5.35. The van der Waals surface area contributed by atoms with Gasteiger partial charge in [0.25, 0.3) is 0 Å². The minimum Gasteiger partial charge on any atom is -0.385 e. The second-order valence-electron chi connectivity index (χ2n) is 7.03. The van der Waals surface area contributed by atoms with Gasteiger partial charge in [0.1, 0.15) is 5.60 Å². The van der Waals surface area contributed by atoms with Gasteiger partial charge in [0.2, 0.25) is 5.91 Å². The van der Waals surface area contributed by atoms with Crippen molar-refractivity contribution in [3.8, 4) is 6.07 Å². The molecule has 2 aliphatic heterocycles. The first-order chi connectivity index (χ1) is 10.1. The van der Waals surface area contributed by atoms with Gasteiger partial charge in [-0.1, -0.05) is 19.3 Å². The molecule has 0 bridgehead atoms. The van der Waals surface area contributed by atoms with Gasteiger partial charge in [0.05, 0.1) is 31.5 Å². The zero-order valence-electron chi connectivity index (χ0n) is 12.6.